The third-order valence-corrected chi connectivity index (χ3v) is 3.05. The molecule has 0 saturated heterocycles. The normalized spacial score (nSPS) is 21.1. The smallest absolute Gasteiger partial charge is 0.217 e. The molecule has 1 unspecified atom stereocenters. The van der Waals surface area contributed by atoms with E-state index < -0.39 is 0 Å². The van der Waals surface area contributed by atoms with Gasteiger partial charge in [-0.15, -0.1) is 0 Å². The van der Waals surface area contributed by atoms with E-state index in [1.54, 1.807) is 0 Å². The van der Waals surface area contributed by atoms with Gasteiger partial charge in [0.25, 0.3) is 0 Å². The van der Waals surface area contributed by atoms with Crippen LogP contribution < -0.4 is 5.73 Å². The van der Waals surface area contributed by atoms with Crippen LogP contribution in [-0.2, 0) is 4.79 Å². The van der Waals surface area contributed by atoms with E-state index in [2.05, 4.69) is 6.92 Å². The van der Waals surface area contributed by atoms with Crippen LogP contribution in [0, 0.1) is 11.8 Å². The van der Waals surface area contributed by atoms with Crippen LogP contribution in [-0.4, -0.2) is 5.91 Å². The summed E-state index contributed by atoms with van der Waals surface area (Å²) >= 11 is 0. The Hall–Kier alpha value is -0.530. The van der Waals surface area contributed by atoms with Gasteiger partial charge >= 0.3 is 0 Å². The Balaban J connectivity index is 2.37. The first kappa shape index (κ1) is 9.56. The van der Waals surface area contributed by atoms with Gasteiger partial charge in [0.15, 0.2) is 0 Å². The summed E-state index contributed by atoms with van der Waals surface area (Å²) in [5, 5.41) is 0. The number of carbonyl (C=O) groups excluding carboxylic acids is 1. The van der Waals surface area contributed by atoms with Gasteiger partial charge in [0.05, 0.1) is 0 Å². The van der Waals surface area contributed by atoms with Gasteiger partial charge < -0.3 is 5.73 Å². The van der Waals surface area contributed by atoms with Crippen molar-refractivity contribution in [3.63, 3.8) is 0 Å². The Kier molecular flexibility index (Phi) is 3.57. The molecule has 0 aromatic carbocycles. The van der Waals surface area contributed by atoms with Gasteiger partial charge in [0.2, 0.25) is 5.91 Å². The van der Waals surface area contributed by atoms with Gasteiger partial charge in [0, 0.05) is 6.42 Å². The predicted molar refractivity (Wildman–Crippen MR) is 49.6 cm³/mol. The lowest BCUT2D eigenvalue weighted by Gasteiger charge is -2.19. The molecule has 2 N–H and O–H groups in total. The molecule has 1 amide bonds. The summed E-state index contributed by atoms with van der Waals surface area (Å²) in [6, 6.07) is 0. The fourth-order valence-corrected chi connectivity index (χ4v) is 2.33. The van der Waals surface area contributed by atoms with E-state index >= 15 is 0 Å². The van der Waals surface area contributed by atoms with Crippen LogP contribution in [0.2, 0.25) is 0 Å². The van der Waals surface area contributed by atoms with Crippen molar-refractivity contribution in [2.75, 3.05) is 0 Å². The molecule has 1 aliphatic rings. The van der Waals surface area contributed by atoms with Gasteiger partial charge in [-0.3, -0.25) is 4.79 Å². The second kappa shape index (κ2) is 4.48. The zero-order chi connectivity index (χ0) is 8.97. The second-order valence-corrected chi connectivity index (χ2v) is 3.88. The van der Waals surface area contributed by atoms with E-state index in [4.69, 9.17) is 5.73 Å². The molecule has 0 bridgehead atoms. The maximum Gasteiger partial charge on any atom is 0.217 e. The molecule has 1 rings (SSSR count). The van der Waals surface area contributed by atoms with E-state index in [0.29, 0.717) is 12.3 Å². The first-order chi connectivity index (χ1) is 5.74. The summed E-state index contributed by atoms with van der Waals surface area (Å²) in [5.74, 6) is 1.21. The molecule has 2 heteroatoms. The zero-order valence-electron chi connectivity index (χ0n) is 7.88. The molecule has 0 spiro atoms. The highest BCUT2D eigenvalue weighted by Gasteiger charge is 2.24. The van der Waals surface area contributed by atoms with Crippen molar-refractivity contribution in [1.29, 1.82) is 0 Å². The minimum atomic E-state index is -0.131. The van der Waals surface area contributed by atoms with Crippen LogP contribution in [0.25, 0.3) is 0 Å². The molecule has 1 saturated carbocycles. The second-order valence-electron chi connectivity index (χ2n) is 3.88. The Bertz CT molecular complexity index is 150. The number of carbonyl (C=O) groups is 1. The average molecular weight is 169 g/mol. The molecule has 2 nitrogen and oxygen atoms in total. The highest BCUT2D eigenvalue weighted by Crippen LogP contribution is 2.34. The number of amides is 1. The van der Waals surface area contributed by atoms with Crippen LogP contribution >= 0.6 is 0 Å². The zero-order valence-corrected chi connectivity index (χ0v) is 7.88. The Morgan fingerprint density at radius 1 is 1.50 bits per heavy atom. The van der Waals surface area contributed by atoms with Crippen molar-refractivity contribution in [3.8, 4) is 0 Å². The van der Waals surface area contributed by atoms with Crippen molar-refractivity contribution in [1.82, 2.24) is 0 Å². The topological polar surface area (TPSA) is 43.1 Å². The van der Waals surface area contributed by atoms with Crippen LogP contribution in [0.5, 0.6) is 0 Å². The molecule has 1 fully saturated rings. The largest absolute Gasteiger partial charge is 0.370 e. The van der Waals surface area contributed by atoms with Crippen molar-refractivity contribution < 1.29 is 4.79 Å². The van der Waals surface area contributed by atoms with Gasteiger partial charge in [-0.2, -0.15) is 0 Å². The van der Waals surface area contributed by atoms with Crippen molar-refractivity contribution in [3.05, 3.63) is 0 Å². The Morgan fingerprint density at radius 3 is 2.50 bits per heavy atom. The Morgan fingerprint density at radius 2 is 2.08 bits per heavy atom. The Labute approximate surface area is 74.5 Å². The molecular weight excluding hydrogens is 150 g/mol. The maximum atomic E-state index is 10.7. The first-order valence-electron chi connectivity index (χ1n) is 5.02. The molecular formula is C10H19NO. The maximum absolute atomic E-state index is 10.7. The predicted octanol–water partition coefficient (Wildman–Crippen LogP) is 2.08. The number of nitrogens with two attached hydrogens (primary N) is 1. The summed E-state index contributed by atoms with van der Waals surface area (Å²) < 4.78 is 0. The molecule has 1 aliphatic carbocycles. The van der Waals surface area contributed by atoms with Crippen LogP contribution in [0.1, 0.15) is 45.4 Å². The van der Waals surface area contributed by atoms with Gasteiger partial charge in [-0.25, -0.2) is 0 Å². The summed E-state index contributed by atoms with van der Waals surface area (Å²) in [7, 11) is 0. The molecule has 0 aromatic rings. The first-order valence-corrected chi connectivity index (χ1v) is 5.02. The number of hydrogen-bond donors (Lipinski definition) is 1. The molecule has 0 aromatic heterocycles. The van der Waals surface area contributed by atoms with E-state index in [1.165, 1.54) is 25.7 Å². The molecule has 70 valence electrons. The SMILES string of the molecule is CCC(CC(N)=O)C1CCCC1. The third-order valence-electron chi connectivity index (χ3n) is 3.05. The molecule has 0 heterocycles. The fraction of sp³-hybridized carbons (Fsp3) is 0.900. The minimum absolute atomic E-state index is 0.131. The molecule has 1 atom stereocenters. The molecule has 12 heavy (non-hydrogen) atoms. The van der Waals surface area contributed by atoms with Crippen molar-refractivity contribution >= 4 is 5.91 Å². The quantitative estimate of drug-likeness (QED) is 0.688. The van der Waals surface area contributed by atoms with Crippen molar-refractivity contribution in [2.24, 2.45) is 17.6 Å². The van der Waals surface area contributed by atoms with Gasteiger partial charge in [-0.05, 0) is 11.8 Å². The van der Waals surface area contributed by atoms with E-state index in [0.717, 1.165) is 12.3 Å². The van der Waals surface area contributed by atoms with Crippen molar-refractivity contribution in [2.45, 2.75) is 45.4 Å². The third kappa shape index (κ3) is 2.50. The lowest BCUT2D eigenvalue weighted by Crippen LogP contribution is -2.20. The average Bonchev–Trinajstić information content (AvgIpc) is 2.51. The summed E-state index contributed by atoms with van der Waals surface area (Å²) in [6.07, 6.45) is 7.02. The van der Waals surface area contributed by atoms with Crippen LogP contribution in [0.15, 0.2) is 0 Å². The number of primary amides is 1. The summed E-state index contributed by atoms with van der Waals surface area (Å²) in [5.41, 5.74) is 5.20. The lowest BCUT2D eigenvalue weighted by molar-refractivity contribution is -0.119. The fourth-order valence-electron chi connectivity index (χ4n) is 2.33. The molecule has 0 aliphatic heterocycles. The monoisotopic (exact) mass is 169 g/mol. The van der Waals surface area contributed by atoms with Crippen LogP contribution in [0.3, 0.4) is 0 Å². The molecule has 0 radical (unpaired) electrons. The van der Waals surface area contributed by atoms with Gasteiger partial charge in [0.1, 0.15) is 0 Å². The van der Waals surface area contributed by atoms with E-state index in [1.807, 2.05) is 0 Å². The van der Waals surface area contributed by atoms with E-state index in [9.17, 15) is 4.79 Å². The van der Waals surface area contributed by atoms with E-state index in [-0.39, 0.29) is 5.91 Å². The number of hydrogen-bond acceptors (Lipinski definition) is 1. The van der Waals surface area contributed by atoms with Gasteiger partial charge in [-0.1, -0.05) is 39.0 Å². The summed E-state index contributed by atoms with van der Waals surface area (Å²) in [4.78, 5) is 10.7. The lowest BCUT2D eigenvalue weighted by atomic mass is 9.86. The standard InChI is InChI=1S/C10H19NO/c1-2-8(7-10(11)12)9-5-3-4-6-9/h8-9H,2-7H2,1H3,(H2,11,12). The highest BCUT2D eigenvalue weighted by atomic mass is 16.1. The summed E-state index contributed by atoms with van der Waals surface area (Å²) in [6.45, 7) is 2.16. The minimum Gasteiger partial charge on any atom is -0.370 e. The number of rotatable bonds is 4. The highest BCUT2D eigenvalue weighted by molar-refractivity contribution is 5.74. The van der Waals surface area contributed by atoms with Crippen LogP contribution in [0.4, 0.5) is 0 Å².